The highest BCUT2D eigenvalue weighted by Gasteiger charge is 2.22. The summed E-state index contributed by atoms with van der Waals surface area (Å²) in [7, 11) is 0. The molecule has 1 fully saturated rings. The minimum Gasteiger partial charge on any atom is -0.392 e. The molecule has 0 aliphatic carbocycles. The summed E-state index contributed by atoms with van der Waals surface area (Å²) in [5, 5.41) is 10.3. The number of halogens is 1. The fourth-order valence-electron chi connectivity index (χ4n) is 2.82. The molecule has 20 heavy (non-hydrogen) atoms. The zero-order valence-electron chi connectivity index (χ0n) is 11.8. The Morgan fingerprint density at radius 2 is 2.05 bits per heavy atom. The van der Waals surface area contributed by atoms with Gasteiger partial charge in [0.2, 0.25) is 0 Å². The van der Waals surface area contributed by atoms with Gasteiger partial charge in [0.1, 0.15) is 5.82 Å². The molecule has 1 aliphatic rings. The van der Waals surface area contributed by atoms with Crippen LogP contribution in [0.4, 0.5) is 4.39 Å². The molecular formula is C16H24FNO2. The van der Waals surface area contributed by atoms with Crippen LogP contribution >= 0.6 is 0 Å². The lowest BCUT2D eigenvalue weighted by Crippen LogP contribution is -2.28. The predicted octanol–water partition coefficient (Wildman–Crippen LogP) is 2.58. The molecule has 1 aromatic carbocycles. The molecule has 4 heteroatoms. The van der Waals surface area contributed by atoms with Crippen LogP contribution in [0.15, 0.2) is 24.3 Å². The van der Waals surface area contributed by atoms with Crippen LogP contribution in [0.5, 0.6) is 0 Å². The fraction of sp³-hybridized carbons (Fsp3) is 0.625. The quantitative estimate of drug-likeness (QED) is 0.842. The van der Waals surface area contributed by atoms with Crippen molar-refractivity contribution in [3.63, 3.8) is 0 Å². The van der Waals surface area contributed by atoms with Crippen molar-refractivity contribution in [1.29, 1.82) is 0 Å². The Morgan fingerprint density at radius 1 is 1.30 bits per heavy atom. The standard InChI is InChI=1S/C16H24FNO2/c17-13-6-4-12(5-7-13)15(11-18)16(19)9-8-14-3-1-2-10-20-14/h4-7,14-16,19H,1-3,8-11,18H2. The lowest BCUT2D eigenvalue weighted by Gasteiger charge is -2.26. The molecule has 3 N–H and O–H groups in total. The van der Waals surface area contributed by atoms with E-state index in [9.17, 15) is 9.50 Å². The Balaban J connectivity index is 1.87. The third kappa shape index (κ3) is 4.27. The topological polar surface area (TPSA) is 55.5 Å². The Labute approximate surface area is 119 Å². The second kappa shape index (κ2) is 7.72. The minimum absolute atomic E-state index is 0.140. The monoisotopic (exact) mass is 281 g/mol. The average molecular weight is 281 g/mol. The van der Waals surface area contributed by atoms with E-state index in [1.54, 1.807) is 12.1 Å². The number of ether oxygens (including phenoxy) is 1. The molecule has 0 saturated carbocycles. The number of aliphatic hydroxyl groups is 1. The van der Waals surface area contributed by atoms with Gasteiger partial charge in [-0.25, -0.2) is 4.39 Å². The molecule has 3 unspecified atom stereocenters. The van der Waals surface area contributed by atoms with Gasteiger partial charge in [-0.2, -0.15) is 0 Å². The number of rotatable bonds is 6. The fourth-order valence-corrected chi connectivity index (χ4v) is 2.82. The maximum atomic E-state index is 12.9. The Morgan fingerprint density at radius 3 is 2.65 bits per heavy atom. The molecule has 112 valence electrons. The van der Waals surface area contributed by atoms with Gasteiger partial charge < -0.3 is 15.6 Å². The van der Waals surface area contributed by atoms with Crippen molar-refractivity contribution in [2.45, 2.75) is 50.2 Å². The smallest absolute Gasteiger partial charge is 0.123 e. The molecular weight excluding hydrogens is 257 g/mol. The van der Waals surface area contributed by atoms with Crippen LogP contribution in [-0.4, -0.2) is 30.5 Å². The number of aliphatic hydroxyl groups excluding tert-OH is 1. The van der Waals surface area contributed by atoms with Crippen LogP contribution in [0.2, 0.25) is 0 Å². The first kappa shape index (κ1) is 15.4. The van der Waals surface area contributed by atoms with Crippen molar-refractivity contribution in [3.8, 4) is 0 Å². The summed E-state index contributed by atoms with van der Waals surface area (Å²) in [6, 6.07) is 6.23. The molecule has 2 rings (SSSR count). The van der Waals surface area contributed by atoms with E-state index in [0.29, 0.717) is 13.0 Å². The number of hydrogen-bond acceptors (Lipinski definition) is 3. The summed E-state index contributed by atoms with van der Waals surface area (Å²) < 4.78 is 18.6. The summed E-state index contributed by atoms with van der Waals surface area (Å²) in [4.78, 5) is 0. The molecule has 3 nitrogen and oxygen atoms in total. The molecule has 1 saturated heterocycles. The lowest BCUT2D eigenvalue weighted by atomic mass is 9.89. The summed E-state index contributed by atoms with van der Waals surface area (Å²) in [5.74, 6) is -0.409. The van der Waals surface area contributed by atoms with Crippen molar-refractivity contribution in [3.05, 3.63) is 35.6 Å². The second-order valence-corrected chi connectivity index (χ2v) is 5.53. The van der Waals surface area contributed by atoms with Gasteiger partial charge in [0.15, 0.2) is 0 Å². The van der Waals surface area contributed by atoms with Crippen molar-refractivity contribution in [1.82, 2.24) is 0 Å². The third-order valence-corrected chi connectivity index (χ3v) is 4.07. The molecule has 0 radical (unpaired) electrons. The molecule has 0 spiro atoms. The van der Waals surface area contributed by atoms with Crippen LogP contribution in [-0.2, 0) is 4.74 Å². The lowest BCUT2D eigenvalue weighted by molar-refractivity contribution is 0.000431. The van der Waals surface area contributed by atoms with Crippen molar-refractivity contribution >= 4 is 0 Å². The highest BCUT2D eigenvalue weighted by molar-refractivity contribution is 5.22. The van der Waals surface area contributed by atoms with Crippen molar-refractivity contribution in [2.24, 2.45) is 5.73 Å². The largest absolute Gasteiger partial charge is 0.392 e. The van der Waals surface area contributed by atoms with E-state index in [1.165, 1.54) is 18.6 Å². The molecule has 1 aromatic rings. The Bertz CT molecular complexity index is 390. The van der Waals surface area contributed by atoms with E-state index in [2.05, 4.69) is 0 Å². The van der Waals surface area contributed by atoms with Crippen LogP contribution < -0.4 is 5.73 Å². The highest BCUT2D eigenvalue weighted by Crippen LogP contribution is 2.25. The van der Waals surface area contributed by atoms with Gasteiger partial charge in [-0.1, -0.05) is 12.1 Å². The van der Waals surface area contributed by atoms with Gasteiger partial charge >= 0.3 is 0 Å². The first-order chi connectivity index (χ1) is 9.70. The summed E-state index contributed by atoms with van der Waals surface area (Å²) >= 11 is 0. The van der Waals surface area contributed by atoms with Gasteiger partial charge in [0.25, 0.3) is 0 Å². The van der Waals surface area contributed by atoms with Gasteiger partial charge in [-0.05, 0) is 49.8 Å². The zero-order valence-corrected chi connectivity index (χ0v) is 11.8. The zero-order chi connectivity index (χ0) is 14.4. The van der Waals surface area contributed by atoms with Gasteiger partial charge in [0, 0.05) is 19.1 Å². The number of hydrogen-bond donors (Lipinski definition) is 2. The molecule has 3 atom stereocenters. The van der Waals surface area contributed by atoms with E-state index < -0.39 is 6.10 Å². The average Bonchev–Trinajstić information content (AvgIpc) is 2.49. The normalized spacial score (nSPS) is 22.4. The van der Waals surface area contributed by atoms with Gasteiger partial charge in [-0.15, -0.1) is 0 Å². The Hall–Kier alpha value is -0.970. The SMILES string of the molecule is NCC(c1ccc(F)cc1)C(O)CCC1CCCCO1. The molecule has 1 aliphatic heterocycles. The number of nitrogens with two attached hydrogens (primary N) is 1. The first-order valence-electron chi connectivity index (χ1n) is 7.46. The van der Waals surface area contributed by atoms with E-state index in [0.717, 1.165) is 31.4 Å². The maximum Gasteiger partial charge on any atom is 0.123 e. The van der Waals surface area contributed by atoms with Crippen molar-refractivity contribution in [2.75, 3.05) is 13.2 Å². The van der Waals surface area contributed by atoms with Crippen LogP contribution in [0.1, 0.15) is 43.6 Å². The van der Waals surface area contributed by atoms with E-state index in [-0.39, 0.29) is 17.8 Å². The van der Waals surface area contributed by atoms with Gasteiger partial charge in [0.05, 0.1) is 12.2 Å². The summed E-state index contributed by atoms with van der Waals surface area (Å²) in [6.45, 7) is 1.19. The molecule has 0 aromatic heterocycles. The van der Waals surface area contributed by atoms with Crippen molar-refractivity contribution < 1.29 is 14.2 Å². The van der Waals surface area contributed by atoms with Crippen LogP contribution in [0.3, 0.4) is 0 Å². The van der Waals surface area contributed by atoms with Crippen LogP contribution in [0.25, 0.3) is 0 Å². The first-order valence-corrected chi connectivity index (χ1v) is 7.46. The molecule has 0 bridgehead atoms. The Kier molecular flexibility index (Phi) is 5.95. The molecule has 0 amide bonds. The highest BCUT2D eigenvalue weighted by atomic mass is 19.1. The van der Waals surface area contributed by atoms with E-state index in [1.807, 2.05) is 0 Å². The van der Waals surface area contributed by atoms with E-state index >= 15 is 0 Å². The van der Waals surface area contributed by atoms with E-state index in [4.69, 9.17) is 10.5 Å². The predicted molar refractivity (Wildman–Crippen MR) is 77.0 cm³/mol. The molecule has 1 heterocycles. The number of benzene rings is 1. The van der Waals surface area contributed by atoms with Gasteiger partial charge in [-0.3, -0.25) is 0 Å². The third-order valence-electron chi connectivity index (χ3n) is 4.07. The second-order valence-electron chi connectivity index (χ2n) is 5.53. The summed E-state index contributed by atoms with van der Waals surface area (Å²) in [5.41, 5.74) is 6.66. The van der Waals surface area contributed by atoms with Crippen LogP contribution in [0, 0.1) is 5.82 Å². The minimum atomic E-state index is -0.504. The maximum absolute atomic E-state index is 12.9. The summed E-state index contributed by atoms with van der Waals surface area (Å²) in [6.07, 6.45) is 4.72.